The lowest BCUT2D eigenvalue weighted by Crippen LogP contribution is -2.37. The maximum Gasteiger partial charge on any atom is 0.220 e. The van der Waals surface area contributed by atoms with Crippen LogP contribution in [0.1, 0.15) is 37.7 Å². The Kier molecular flexibility index (Phi) is 5.55. The van der Waals surface area contributed by atoms with Crippen LogP contribution in [0.25, 0.3) is 0 Å². The van der Waals surface area contributed by atoms with Gasteiger partial charge in [-0.2, -0.15) is 0 Å². The van der Waals surface area contributed by atoms with Crippen LogP contribution in [-0.2, 0) is 11.2 Å². The number of likely N-dealkylation sites (tertiary alicyclic amines) is 1. The zero-order valence-corrected chi connectivity index (χ0v) is 14.1. The second kappa shape index (κ2) is 7.82. The summed E-state index contributed by atoms with van der Waals surface area (Å²) in [5.41, 5.74) is 1.23. The number of rotatable bonds is 7. The van der Waals surface area contributed by atoms with E-state index in [1.807, 2.05) is 12.1 Å². The molecule has 0 radical (unpaired) electrons. The van der Waals surface area contributed by atoms with Crippen molar-refractivity contribution >= 4 is 5.91 Å². The minimum atomic E-state index is 0.211. The molecule has 0 aromatic heterocycles. The van der Waals surface area contributed by atoms with Gasteiger partial charge in [0.05, 0.1) is 7.11 Å². The highest BCUT2D eigenvalue weighted by molar-refractivity contribution is 5.76. The van der Waals surface area contributed by atoms with Crippen molar-refractivity contribution in [3.63, 3.8) is 0 Å². The summed E-state index contributed by atoms with van der Waals surface area (Å²) in [5, 5.41) is 3.07. The normalized spacial score (nSPS) is 19.5. The second-order valence-electron chi connectivity index (χ2n) is 6.86. The van der Waals surface area contributed by atoms with E-state index in [1.54, 1.807) is 7.11 Å². The van der Waals surface area contributed by atoms with E-state index in [2.05, 4.69) is 22.3 Å². The number of hydrogen-bond acceptors (Lipinski definition) is 3. The van der Waals surface area contributed by atoms with Crippen LogP contribution in [0.5, 0.6) is 5.75 Å². The van der Waals surface area contributed by atoms with Crippen LogP contribution in [-0.4, -0.2) is 43.6 Å². The fourth-order valence-corrected chi connectivity index (χ4v) is 3.43. The van der Waals surface area contributed by atoms with Gasteiger partial charge in [0.2, 0.25) is 5.91 Å². The first-order valence-electron chi connectivity index (χ1n) is 8.88. The molecule has 1 N–H and O–H groups in total. The van der Waals surface area contributed by atoms with Crippen molar-refractivity contribution in [2.24, 2.45) is 5.92 Å². The van der Waals surface area contributed by atoms with E-state index in [4.69, 9.17) is 4.74 Å². The zero-order chi connectivity index (χ0) is 16.1. The maximum absolute atomic E-state index is 12.1. The van der Waals surface area contributed by atoms with Crippen LogP contribution >= 0.6 is 0 Å². The number of piperidine rings is 1. The van der Waals surface area contributed by atoms with Gasteiger partial charge in [0.15, 0.2) is 0 Å². The van der Waals surface area contributed by atoms with E-state index in [0.717, 1.165) is 18.2 Å². The predicted molar refractivity (Wildman–Crippen MR) is 91.6 cm³/mol. The molecule has 23 heavy (non-hydrogen) atoms. The fourth-order valence-electron chi connectivity index (χ4n) is 3.43. The highest BCUT2D eigenvalue weighted by atomic mass is 16.5. The van der Waals surface area contributed by atoms with Crippen molar-refractivity contribution in [1.29, 1.82) is 0 Å². The highest BCUT2D eigenvalue weighted by Crippen LogP contribution is 2.31. The number of carbonyl (C=O) groups excluding carboxylic acids is 1. The molecule has 0 spiro atoms. The summed E-state index contributed by atoms with van der Waals surface area (Å²) < 4.78 is 5.15. The quantitative estimate of drug-likeness (QED) is 0.841. The molecule has 1 heterocycles. The molecule has 2 aliphatic rings. The Hall–Kier alpha value is -1.55. The minimum absolute atomic E-state index is 0.211. The summed E-state index contributed by atoms with van der Waals surface area (Å²) in [6.07, 6.45) is 6.70. The number of hydrogen-bond donors (Lipinski definition) is 1. The van der Waals surface area contributed by atoms with Gasteiger partial charge in [-0.3, -0.25) is 4.79 Å². The molecule has 1 amide bonds. The lowest BCUT2D eigenvalue weighted by Gasteiger charge is -2.31. The van der Waals surface area contributed by atoms with Crippen LogP contribution in [0.2, 0.25) is 0 Å². The smallest absolute Gasteiger partial charge is 0.220 e. The average molecular weight is 316 g/mol. The Labute approximate surface area is 139 Å². The topological polar surface area (TPSA) is 41.6 Å². The molecule has 1 saturated heterocycles. The first-order chi connectivity index (χ1) is 11.2. The molecule has 3 rings (SSSR count). The first kappa shape index (κ1) is 16.3. The third-order valence-corrected chi connectivity index (χ3v) is 5.08. The number of nitrogens with one attached hydrogen (secondary N) is 1. The Morgan fingerprint density at radius 2 is 1.87 bits per heavy atom. The third-order valence-electron chi connectivity index (χ3n) is 5.08. The van der Waals surface area contributed by atoms with Crippen molar-refractivity contribution in [2.45, 2.75) is 44.6 Å². The molecule has 4 heteroatoms. The number of nitrogens with zero attached hydrogens (tertiary/aromatic N) is 1. The van der Waals surface area contributed by atoms with Gasteiger partial charge >= 0.3 is 0 Å². The van der Waals surface area contributed by atoms with Crippen molar-refractivity contribution in [3.05, 3.63) is 29.8 Å². The first-order valence-corrected chi connectivity index (χ1v) is 8.88. The highest BCUT2D eigenvalue weighted by Gasteiger charge is 2.32. The van der Waals surface area contributed by atoms with Gasteiger partial charge in [-0.25, -0.2) is 0 Å². The Balaban J connectivity index is 1.31. The van der Waals surface area contributed by atoms with Crippen molar-refractivity contribution in [1.82, 2.24) is 10.2 Å². The summed E-state index contributed by atoms with van der Waals surface area (Å²) in [7, 11) is 1.67. The standard InChI is InChI=1S/C19H28N2O2/c1-23-18-6-2-15(3-7-18)8-11-20-19(22)14-16-9-12-21(13-10-16)17-4-5-17/h2-3,6-7,16-17H,4-5,8-14H2,1H3,(H,20,22). The summed E-state index contributed by atoms with van der Waals surface area (Å²) in [6, 6.07) is 8.90. The van der Waals surface area contributed by atoms with Crippen LogP contribution in [0.3, 0.4) is 0 Å². The lowest BCUT2D eigenvalue weighted by atomic mass is 9.93. The molecule has 0 atom stereocenters. The van der Waals surface area contributed by atoms with E-state index in [9.17, 15) is 4.79 Å². The molecule has 4 nitrogen and oxygen atoms in total. The third kappa shape index (κ3) is 4.96. The summed E-state index contributed by atoms with van der Waals surface area (Å²) >= 11 is 0. The van der Waals surface area contributed by atoms with Gasteiger partial charge in [0.25, 0.3) is 0 Å². The molecule has 126 valence electrons. The van der Waals surface area contributed by atoms with Gasteiger partial charge in [-0.1, -0.05) is 12.1 Å². The molecule has 1 aliphatic heterocycles. The fraction of sp³-hybridized carbons (Fsp3) is 0.632. The monoisotopic (exact) mass is 316 g/mol. The molecule has 1 aromatic rings. The number of benzene rings is 1. The second-order valence-corrected chi connectivity index (χ2v) is 6.86. The Bertz CT molecular complexity index is 503. The van der Waals surface area contributed by atoms with E-state index in [0.29, 0.717) is 18.9 Å². The zero-order valence-electron chi connectivity index (χ0n) is 14.1. The van der Waals surface area contributed by atoms with Crippen molar-refractivity contribution in [3.8, 4) is 5.75 Å². The van der Waals surface area contributed by atoms with Crippen LogP contribution in [0.4, 0.5) is 0 Å². The van der Waals surface area contributed by atoms with Crippen molar-refractivity contribution < 1.29 is 9.53 Å². The summed E-state index contributed by atoms with van der Waals surface area (Å²) in [4.78, 5) is 14.7. The molecular formula is C19H28N2O2. The van der Waals surface area contributed by atoms with Gasteiger partial charge < -0.3 is 15.0 Å². The van der Waals surface area contributed by atoms with Crippen molar-refractivity contribution in [2.75, 3.05) is 26.7 Å². The molecule has 2 fully saturated rings. The molecule has 1 aromatic carbocycles. The Morgan fingerprint density at radius 3 is 2.48 bits per heavy atom. The average Bonchev–Trinajstić information content (AvgIpc) is 3.41. The number of ether oxygens (including phenoxy) is 1. The SMILES string of the molecule is COc1ccc(CCNC(=O)CC2CCN(C3CC3)CC2)cc1. The van der Waals surface area contributed by atoms with E-state index < -0.39 is 0 Å². The van der Waals surface area contributed by atoms with Gasteiger partial charge in [-0.05, 0) is 68.8 Å². The predicted octanol–water partition coefficient (Wildman–Crippen LogP) is 2.62. The summed E-state index contributed by atoms with van der Waals surface area (Å²) in [5.74, 6) is 1.66. The molecule has 1 aliphatic carbocycles. The Morgan fingerprint density at radius 1 is 1.17 bits per heavy atom. The van der Waals surface area contributed by atoms with Gasteiger partial charge in [0, 0.05) is 19.0 Å². The van der Waals surface area contributed by atoms with Gasteiger partial charge in [-0.15, -0.1) is 0 Å². The summed E-state index contributed by atoms with van der Waals surface area (Å²) in [6.45, 7) is 3.09. The number of amides is 1. The molecule has 0 bridgehead atoms. The van der Waals surface area contributed by atoms with Crippen LogP contribution in [0.15, 0.2) is 24.3 Å². The molecular weight excluding hydrogens is 288 g/mol. The number of methoxy groups -OCH3 is 1. The maximum atomic E-state index is 12.1. The van der Waals surface area contributed by atoms with Crippen LogP contribution < -0.4 is 10.1 Å². The molecule has 0 unspecified atom stereocenters. The van der Waals surface area contributed by atoms with E-state index in [1.165, 1.54) is 44.3 Å². The van der Waals surface area contributed by atoms with E-state index in [-0.39, 0.29) is 5.91 Å². The van der Waals surface area contributed by atoms with Crippen LogP contribution in [0, 0.1) is 5.92 Å². The number of carbonyl (C=O) groups is 1. The largest absolute Gasteiger partial charge is 0.497 e. The lowest BCUT2D eigenvalue weighted by molar-refractivity contribution is -0.122. The van der Waals surface area contributed by atoms with E-state index >= 15 is 0 Å². The molecule has 1 saturated carbocycles. The minimum Gasteiger partial charge on any atom is -0.497 e. The van der Waals surface area contributed by atoms with Gasteiger partial charge in [0.1, 0.15) is 5.75 Å².